The quantitative estimate of drug-likeness (QED) is 0.733. The van der Waals surface area contributed by atoms with Crippen molar-refractivity contribution in [3.05, 3.63) is 96.2 Å². The zero-order valence-electron chi connectivity index (χ0n) is 12.4. The summed E-state index contributed by atoms with van der Waals surface area (Å²) in [7, 11) is 0. The van der Waals surface area contributed by atoms with Crippen molar-refractivity contribution in [1.82, 2.24) is 10.3 Å². The van der Waals surface area contributed by atoms with Gasteiger partial charge in [-0.25, -0.2) is 0 Å². The van der Waals surface area contributed by atoms with Crippen LogP contribution in [0.25, 0.3) is 6.08 Å². The minimum Gasteiger partial charge on any atom is -0.467 e. The van der Waals surface area contributed by atoms with Gasteiger partial charge in [-0.05, 0) is 35.9 Å². The van der Waals surface area contributed by atoms with Crippen LogP contribution in [-0.2, 0) is 4.79 Å². The van der Waals surface area contributed by atoms with Crippen LogP contribution in [0.3, 0.4) is 0 Å². The van der Waals surface area contributed by atoms with E-state index in [1.54, 1.807) is 24.6 Å². The first-order chi connectivity index (χ1) is 11.3. The van der Waals surface area contributed by atoms with Gasteiger partial charge in [-0.1, -0.05) is 36.4 Å². The number of rotatable bonds is 5. The lowest BCUT2D eigenvalue weighted by atomic mass is 10.0. The van der Waals surface area contributed by atoms with Crippen molar-refractivity contribution in [1.29, 1.82) is 0 Å². The number of pyridine rings is 1. The van der Waals surface area contributed by atoms with Gasteiger partial charge in [0.2, 0.25) is 5.91 Å². The molecule has 0 spiro atoms. The van der Waals surface area contributed by atoms with Crippen molar-refractivity contribution >= 4 is 12.0 Å². The first kappa shape index (κ1) is 14.8. The zero-order chi connectivity index (χ0) is 15.9. The Bertz CT molecular complexity index is 766. The van der Waals surface area contributed by atoms with E-state index >= 15 is 0 Å². The van der Waals surface area contributed by atoms with Crippen LogP contribution in [0.2, 0.25) is 0 Å². The van der Waals surface area contributed by atoms with Crippen LogP contribution in [0.5, 0.6) is 0 Å². The van der Waals surface area contributed by atoms with E-state index < -0.39 is 0 Å². The van der Waals surface area contributed by atoms with Crippen LogP contribution < -0.4 is 5.32 Å². The fraction of sp³-hybridized carbons (Fsp3) is 0.0526. The van der Waals surface area contributed by atoms with Gasteiger partial charge < -0.3 is 9.73 Å². The van der Waals surface area contributed by atoms with Crippen LogP contribution in [0.15, 0.2) is 83.6 Å². The summed E-state index contributed by atoms with van der Waals surface area (Å²) >= 11 is 0. The SMILES string of the molecule is O=C(/C=C/c1ccccn1)N[C@@H](c1ccccc1)c1ccco1. The number of carbonyl (C=O) groups is 1. The van der Waals surface area contributed by atoms with Crippen molar-refractivity contribution < 1.29 is 9.21 Å². The maximum absolute atomic E-state index is 12.2. The smallest absolute Gasteiger partial charge is 0.244 e. The highest BCUT2D eigenvalue weighted by Crippen LogP contribution is 2.22. The molecule has 0 saturated heterocycles. The molecule has 4 nitrogen and oxygen atoms in total. The molecule has 0 aliphatic heterocycles. The Labute approximate surface area is 134 Å². The number of carbonyl (C=O) groups excluding carboxylic acids is 1. The van der Waals surface area contributed by atoms with E-state index in [1.165, 1.54) is 6.08 Å². The molecule has 114 valence electrons. The molecule has 2 aromatic heterocycles. The van der Waals surface area contributed by atoms with Crippen molar-refractivity contribution in [3.8, 4) is 0 Å². The van der Waals surface area contributed by atoms with Crippen LogP contribution in [-0.4, -0.2) is 10.9 Å². The Morgan fingerprint density at radius 1 is 1.04 bits per heavy atom. The largest absolute Gasteiger partial charge is 0.467 e. The van der Waals surface area contributed by atoms with E-state index in [9.17, 15) is 4.79 Å². The minimum absolute atomic E-state index is 0.207. The van der Waals surface area contributed by atoms with Gasteiger partial charge in [-0.2, -0.15) is 0 Å². The van der Waals surface area contributed by atoms with Gasteiger partial charge >= 0.3 is 0 Å². The summed E-state index contributed by atoms with van der Waals surface area (Å²) in [5, 5.41) is 2.96. The second-order valence-electron chi connectivity index (χ2n) is 4.96. The lowest BCUT2D eigenvalue weighted by molar-refractivity contribution is -0.117. The number of benzene rings is 1. The number of nitrogens with one attached hydrogen (secondary N) is 1. The van der Waals surface area contributed by atoms with Gasteiger partial charge in [0.25, 0.3) is 0 Å². The summed E-state index contributed by atoms with van der Waals surface area (Å²) in [4.78, 5) is 16.4. The van der Waals surface area contributed by atoms with Crippen LogP contribution in [0.4, 0.5) is 0 Å². The average molecular weight is 304 g/mol. The highest BCUT2D eigenvalue weighted by molar-refractivity contribution is 5.91. The lowest BCUT2D eigenvalue weighted by Gasteiger charge is -2.16. The zero-order valence-corrected chi connectivity index (χ0v) is 12.4. The number of amides is 1. The average Bonchev–Trinajstić information content (AvgIpc) is 3.14. The number of furan rings is 1. The fourth-order valence-corrected chi connectivity index (χ4v) is 2.25. The summed E-state index contributed by atoms with van der Waals surface area (Å²) < 4.78 is 5.46. The molecule has 0 bridgehead atoms. The van der Waals surface area contributed by atoms with Gasteiger partial charge in [-0.3, -0.25) is 9.78 Å². The molecule has 3 aromatic rings. The highest BCUT2D eigenvalue weighted by Gasteiger charge is 2.17. The number of hydrogen-bond acceptors (Lipinski definition) is 3. The number of aromatic nitrogens is 1. The summed E-state index contributed by atoms with van der Waals surface area (Å²) in [6.45, 7) is 0. The minimum atomic E-state index is -0.327. The van der Waals surface area contributed by atoms with Gasteiger partial charge in [-0.15, -0.1) is 0 Å². The van der Waals surface area contributed by atoms with Crippen LogP contribution >= 0.6 is 0 Å². The number of hydrogen-bond donors (Lipinski definition) is 1. The molecule has 0 saturated carbocycles. The molecule has 0 aliphatic carbocycles. The fourth-order valence-electron chi connectivity index (χ4n) is 2.25. The molecule has 0 aliphatic rings. The molecular weight excluding hydrogens is 288 g/mol. The topological polar surface area (TPSA) is 55.1 Å². The summed E-state index contributed by atoms with van der Waals surface area (Å²) in [6.07, 6.45) is 6.44. The van der Waals surface area contributed by atoms with E-state index in [1.807, 2.05) is 54.6 Å². The molecule has 0 fully saturated rings. The third kappa shape index (κ3) is 3.95. The van der Waals surface area contributed by atoms with Crippen molar-refractivity contribution in [2.45, 2.75) is 6.04 Å². The summed E-state index contributed by atoms with van der Waals surface area (Å²) in [5.74, 6) is 0.483. The first-order valence-corrected chi connectivity index (χ1v) is 7.31. The van der Waals surface area contributed by atoms with E-state index in [0.717, 1.165) is 11.3 Å². The van der Waals surface area contributed by atoms with E-state index in [0.29, 0.717) is 5.76 Å². The summed E-state index contributed by atoms with van der Waals surface area (Å²) in [5.41, 5.74) is 1.69. The maximum Gasteiger partial charge on any atom is 0.244 e. The predicted octanol–water partition coefficient (Wildman–Crippen LogP) is 3.59. The molecule has 0 radical (unpaired) electrons. The second kappa shape index (κ2) is 7.22. The molecule has 1 amide bonds. The van der Waals surface area contributed by atoms with Crippen molar-refractivity contribution in [3.63, 3.8) is 0 Å². The molecule has 1 N–H and O–H groups in total. The van der Waals surface area contributed by atoms with Crippen LogP contribution in [0.1, 0.15) is 23.1 Å². The van der Waals surface area contributed by atoms with E-state index in [-0.39, 0.29) is 11.9 Å². The predicted molar refractivity (Wildman–Crippen MR) is 88.4 cm³/mol. The standard InChI is InChI=1S/C19H16N2O2/c22-18(12-11-16-9-4-5-13-20-16)21-19(17-10-6-14-23-17)15-7-2-1-3-8-15/h1-14,19H,(H,21,22)/b12-11+/t19-/m0/s1. The molecule has 4 heteroatoms. The Balaban J connectivity index is 1.77. The molecule has 2 heterocycles. The van der Waals surface area contributed by atoms with Gasteiger partial charge in [0, 0.05) is 12.3 Å². The van der Waals surface area contributed by atoms with Gasteiger partial charge in [0.15, 0.2) is 0 Å². The first-order valence-electron chi connectivity index (χ1n) is 7.31. The van der Waals surface area contributed by atoms with Gasteiger partial charge in [0.05, 0.1) is 12.0 Å². The molecular formula is C19H16N2O2. The third-order valence-electron chi connectivity index (χ3n) is 3.34. The van der Waals surface area contributed by atoms with Gasteiger partial charge in [0.1, 0.15) is 11.8 Å². The summed E-state index contributed by atoms with van der Waals surface area (Å²) in [6, 6.07) is 18.6. The molecule has 3 rings (SSSR count). The second-order valence-corrected chi connectivity index (χ2v) is 4.96. The monoisotopic (exact) mass is 304 g/mol. The molecule has 1 atom stereocenters. The van der Waals surface area contributed by atoms with Crippen molar-refractivity contribution in [2.75, 3.05) is 0 Å². The molecule has 0 unspecified atom stereocenters. The Morgan fingerprint density at radius 3 is 2.57 bits per heavy atom. The van der Waals surface area contributed by atoms with E-state index in [2.05, 4.69) is 10.3 Å². The third-order valence-corrected chi connectivity index (χ3v) is 3.34. The normalized spacial score (nSPS) is 12.2. The molecule has 23 heavy (non-hydrogen) atoms. The Hall–Kier alpha value is -3.14. The van der Waals surface area contributed by atoms with Crippen LogP contribution in [0, 0.1) is 0 Å². The lowest BCUT2D eigenvalue weighted by Crippen LogP contribution is -2.27. The highest BCUT2D eigenvalue weighted by atomic mass is 16.3. The number of nitrogens with zero attached hydrogens (tertiary/aromatic N) is 1. The Kier molecular flexibility index (Phi) is 4.64. The van der Waals surface area contributed by atoms with E-state index in [4.69, 9.17) is 4.42 Å². The Morgan fingerprint density at radius 2 is 1.87 bits per heavy atom. The van der Waals surface area contributed by atoms with Crippen molar-refractivity contribution in [2.24, 2.45) is 0 Å². The maximum atomic E-state index is 12.2. The molecule has 1 aromatic carbocycles.